The van der Waals surface area contributed by atoms with Gasteiger partial charge in [-0.05, 0) is 38.0 Å². The standard InChI is InChI=1S/C16H22N4O/c1-4-12-10-13(5-2)20(19-12)11(3)16(21)18-15-9-7-6-8-14(15)17/h6-11H,4-5,17H2,1-3H3,(H,18,21). The van der Waals surface area contributed by atoms with E-state index in [9.17, 15) is 4.79 Å². The molecule has 0 spiro atoms. The van der Waals surface area contributed by atoms with E-state index < -0.39 is 0 Å². The van der Waals surface area contributed by atoms with Crippen molar-refractivity contribution < 1.29 is 4.79 Å². The fourth-order valence-electron chi connectivity index (χ4n) is 2.22. The van der Waals surface area contributed by atoms with Gasteiger partial charge < -0.3 is 11.1 Å². The second-order valence-electron chi connectivity index (χ2n) is 5.03. The number of aryl methyl sites for hydroxylation is 2. The third-order valence-electron chi connectivity index (χ3n) is 3.55. The van der Waals surface area contributed by atoms with E-state index in [1.807, 2.05) is 19.1 Å². The van der Waals surface area contributed by atoms with Gasteiger partial charge in [0.2, 0.25) is 5.91 Å². The molecular weight excluding hydrogens is 264 g/mol. The summed E-state index contributed by atoms with van der Waals surface area (Å²) in [6.07, 6.45) is 1.71. The molecule has 1 atom stereocenters. The van der Waals surface area contributed by atoms with E-state index in [0.717, 1.165) is 24.2 Å². The zero-order valence-corrected chi connectivity index (χ0v) is 12.8. The average Bonchev–Trinajstić information content (AvgIpc) is 2.92. The van der Waals surface area contributed by atoms with Gasteiger partial charge in [0.15, 0.2) is 0 Å². The minimum absolute atomic E-state index is 0.117. The summed E-state index contributed by atoms with van der Waals surface area (Å²) in [4.78, 5) is 12.4. The van der Waals surface area contributed by atoms with Crippen LogP contribution >= 0.6 is 0 Å². The maximum atomic E-state index is 12.4. The molecule has 1 heterocycles. The SMILES string of the molecule is CCc1cc(CC)n(C(C)C(=O)Nc2ccccc2N)n1. The molecule has 1 aromatic carbocycles. The Morgan fingerprint density at radius 3 is 2.67 bits per heavy atom. The first-order chi connectivity index (χ1) is 10.1. The molecule has 1 unspecified atom stereocenters. The number of nitrogens with two attached hydrogens (primary N) is 1. The first-order valence-electron chi connectivity index (χ1n) is 7.29. The molecular formula is C16H22N4O. The normalized spacial score (nSPS) is 12.1. The van der Waals surface area contributed by atoms with Gasteiger partial charge in [-0.25, -0.2) is 0 Å². The van der Waals surface area contributed by atoms with Crippen molar-refractivity contribution in [2.75, 3.05) is 11.1 Å². The number of hydrogen-bond donors (Lipinski definition) is 2. The Labute approximate surface area is 125 Å². The second-order valence-corrected chi connectivity index (χ2v) is 5.03. The average molecular weight is 286 g/mol. The molecule has 112 valence electrons. The van der Waals surface area contributed by atoms with Crippen molar-refractivity contribution in [1.82, 2.24) is 9.78 Å². The molecule has 3 N–H and O–H groups in total. The molecule has 0 aliphatic rings. The van der Waals surface area contributed by atoms with E-state index in [1.165, 1.54) is 0 Å². The number of aromatic nitrogens is 2. The molecule has 21 heavy (non-hydrogen) atoms. The van der Waals surface area contributed by atoms with E-state index >= 15 is 0 Å². The van der Waals surface area contributed by atoms with Gasteiger partial charge in [0.1, 0.15) is 6.04 Å². The minimum atomic E-state index is -0.375. The highest BCUT2D eigenvalue weighted by atomic mass is 16.2. The fraction of sp³-hybridized carbons (Fsp3) is 0.375. The van der Waals surface area contributed by atoms with Crippen molar-refractivity contribution >= 4 is 17.3 Å². The summed E-state index contributed by atoms with van der Waals surface area (Å²) in [5.74, 6) is -0.117. The maximum absolute atomic E-state index is 12.4. The van der Waals surface area contributed by atoms with Crippen LogP contribution in [0.25, 0.3) is 0 Å². The van der Waals surface area contributed by atoms with E-state index in [2.05, 4.69) is 30.3 Å². The Bertz CT molecular complexity index is 633. The van der Waals surface area contributed by atoms with Gasteiger partial charge >= 0.3 is 0 Å². The Hall–Kier alpha value is -2.30. The third-order valence-corrected chi connectivity index (χ3v) is 3.55. The van der Waals surface area contributed by atoms with E-state index in [0.29, 0.717) is 11.4 Å². The van der Waals surface area contributed by atoms with Gasteiger partial charge in [-0.3, -0.25) is 9.48 Å². The fourth-order valence-corrected chi connectivity index (χ4v) is 2.22. The van der Waals surface area contributed by atoms with Crippen molar-refractivity contribution in [3.8, 4) is 0 Å². The number of nitrogen functional groups attached to an aromatic ring is 1. The van der Waals surface area contributed by atoms with Gasteiger partial charge in [-0.2, -0.15) is 5.10 Å². The van der Waals surface area contributed by atoms with Gasteiger partial charge in [0.25, 0.3) is 0 Å². The highest BCUT2D eigenvalue weighted by Crippen LogP contribution is 2.20. The number of benzene rings is 1. The summed E-state index contributed by atoms with van der Waals surface area (Å²) in [6, 6.07) is 8.92. The molecule has 5 heteroatoms. The summed E-state index contributed by atoms with van der Waals surface area (Å²) in [5, 5.41) is 7.37. The van der Waals surface area contributed by atoms with Gasteiger partial charge in [-0.15, -0.1) is 0 Å². The predicted molar refractivity (Wildman–Crippen MR) is 85.2 cm³/mol. The number of carbonyl (C=O) groups is 1. The topological polar surface area (TPSA) is 72.9 Å². The number of carbonyl (C=O) groups excluding carboxylic acids is 1. The lowest BCUT2D eigenvalue weighted by atomic mass is 10.2. The molecule has 0 aliphatic heterocycles. The molecule has 5 nitrogen and oxygen atoms in total. The number of hydrogen-bond acceptors (Lipinski definition) is 3. The number of rotatable bonds is 5. The highest BCUT2D eigenvalue weighted by molar-refractivity contribution is 5.96. The van der Waals surface area contributed by atoms with Crippen LogP contribution in [0.1, 0.15) is 38.2 Å². The van der Waals surface area contributed by atoms with E-state index in [-0.39, 0.29) is 11.9 Å². The Balaban J connectivity index is 2.19. The number of amides is 1. The molecule has 0 bridgehead atoms. The summed E-state index contributed by atoms with van der Waals surface area (Å²) < 4.78 is 1.80. The monoisotopic (exact) mass is 286 g/mol. The minimum Gasteiger partial charge on any atom is -0.397 e. The van der Waals surface area contributed by atoms with Crippen molar-refractivity contribution in [3.63, 3.8) is 0 Å². The molecule has 1 aromatic heterocycles. The first-order valence-corrected chi connectivity index (χ1v) is 7.29. The molecule has 0 fully saturated rings. The van der Waals surface area contributed by atoms with Crippen LogP contribution in [0.2, 0.25) is 0 Å². The van der Waals surface area contributed by atoms with Gasteiger partial charge in [0, 0.05) is 5.69 Å². The summed E-state index contributed by atoms with van der Waals surface area (Å²) in [5.41, 5.74) is 9.12. The smallest absolute Gasteiger partial charge is 0.249 e. The van der Waals surface area contributed by atoms with Crippen molar-refractivity contribution in [3.05, 3.63) is 41.7 Å². The van der Waals surface area contributed by atoms with Crippen molar-refractivity contribution in [2.24, 2.45) is 0 Å². The van der Waals surface area contributed by atoms with Crippen LogP contribution in [0.15, 0.2) is 30.3 Å². The van der Waals surface area contributed by atoms with Crippen LogP contribution in [0.4, 0.5) is 11.4 Å². The third kappa shape index (κ3) is 3.24. The van der Waals surface area contributed by atoms with Crippen LogP contribution in [-0.2, 0) is 17.6 Å². The lowest BCUT2D eigenvalue weighted by molar-refractivity contribution is -0.119. The van der Waals surface area contributed by atoms with Crippen LogP contribution in [0, 0.1) is 0 Å². The zero-order chi connectivity index (χ0) is 15.4. The highest BCUT2D eigenvalue weighted by Gasteiger charge is 2.19. The molecule has 1 amide bonds. The molecule has 0 radical (unpaired) electrons. The lowest BCUT2D eigenvalue weighted by Crippen LogP contribution is -2.26. The van der Waals surface area contributed by atoms with E-state index in [4.69, 9.17) is 5.73 Å². The number of anilines is 2. The lowest BCUT2D eigenvalue weighted by Gasteiger charge is -2.16. The molecule has 2 aromatic rings. The van der Waals surface area contributed by atoms with Crippen LogP contribution in [0.5, 0.6) is 0 Å². The number of para-hydroxylation sites is 2. The van der Waals surface area contributed by atoms with Crippen LogP contribution in [0.3, 0.4) is 0 Å². The van der Waals surface area contributed by atoms with Crippen LogP contribution in [-0.4, -0.2) is 15.7 Å². The predicted octanol–water partition coefficient (Wildman–Crippen LogP) is 2.79. The number of nitrogens with zero attached hydrogens (tertiary/aromatic N) is 2. The molecule has 0 saturated carbocycles. The Kier molecular flexibility index (Phi) is 4.62. The second kappa shape index (κ2) is 6.43. The Morgan fingerprint density at radius 2 is 2.05 bits per heavy atom. The van der Waals surface area contributed by atoms with Crippen LogP contribution < -0.4 is 11.1 Å². The van der Waals surface area contributed by atoms with Crippen molar-refractivity contribution in [2.45, 2.75) is 39.7 Å². The molecule has 0 aliphatic carbocycles. The molecule has 0 saturated heterocycles. The van der Waals surface area contributed by atoms with Gasteiger partial charge in [-0.1, -0.05) is 26.0 Å². The summed E-state index contributed by atoms with van der Waals surface area (Å²) in [6.45, 7) is 5.97. The summed E-state index contributed by atoms with van der Waals surface area (Å²) in [7, 11) is 0. The molecule has 2 rings (SSSR count). The van der Waals surface area contributed by atoms with Gasteiger partial charge in [0.05, 0.1) is 17.1 Å². The maximum Gasteiger partial charge on any atom is 0.249 e. The quantitative estimate of drug-likeness (QED) is 0.830. The summed E-state index contributed by atoms with van der Waals surface area (Å²) >= 11 is 0. The first kappa shape index (κ1) is 15.1. The van der Waals surface area contributed by atoms with Crippen molar-refractivity contribution in [1.29, 1.82) is 0 Å². The van der Waals surface area contributed by atoms with E-state index in [1.54, 1.807) is 16.8 Å². The Morgan fingerprint density at radius 1 is 1.33 bits per heavy atom. The number of nitrogens with one attached hydrogen (secondary N) is 1. The zero-order valence-electron chi connectivity index (χ0n) is 12.8. The largest absolute Gasteiger partial charge is 0.397 e.